The number of hydrogen-bond acceptors (Lipinski definition) is 5. The Morgan fingerprint density at radius 2 is 0.771 bits per heavy atom. The highest BCUT2D eigenvalue weighted by molar-refractivity contribution is 7.92. The quantitative estimate of drug-likeness (QED) is 0.190. The van der Waals surface area contributed by atoms with E-state index < -0.39 is 26.0 Å². The van der Waals surface area contributed by atoms with Gasteiger partial charge in [0.25, 0.3) is 0 Å². The van der Waals surface area contributed by atoms with Gasteiger partial charge in [-0.3, -0.25) is 0 Å². The van der Waals surface area contributed by atoms with E-state index in [1.54, 1.807) is 0 Å². The molecule has 0 bridgehead atoms. The fourth-order valence-electron chi connectivity index (χ4n) is 8.11. The minimum Gasteiger partial charge on any atom is -0.353 e. The Bertz CT molecular complexity index is 2180. The lowest BCUT2D eigenvalue weighted by Crippen LogP contribution is -2.58. The standard InChI is InChI=1S/C40H35N3O2SSi2/c1-47(2)37-17-9-5-13-31(37)42(32-14-6-10-18-38(32)47)27-21-23-29-35(25-27)46(44,45)36-26-28(22-24-30(36)41-29)43-33-15-7-11-19-39(33)48(3,4)40-20-12-8-16-34(40)43/h5-26,41H,1-4H3. The van der Waals surface area contributed by atoms with E-state index in [-0.39, 0.29) is 9.79 Å². The van der Waals surface area contributed by atoms with Gasteiger partial charge in [-0.15, -0.1) is 0 Å². The largest absolute Gasteiger partial charge is 0.353 e. The van der Waals surface area contributed by atoms with Crippen LogP contribution in [0.4, 0.5) is 45.5 Å². The van der Waals surface area contributed by atoms with Crippen molar-refractivity contribution in [2.24, 2.45) is 0 Å². The number of para-hydroxylation sites is 4. The molecule has 0 spiro atoms. The third-order valence-corrected chi connectivity index (χ3v) is 19.5. The molecule has 8 heteroatoms. The highest BCUT2D eigenvalue weighted by Gasteiger charge is 2.41. The smallest absolute Gasteiger partial charge is 0.210 e. The molecule has 5 nitrogen and oxygen atoms in total. The Labute approximate surface area is 284 Å². The fraction of sp³-hybridized carbons (Fsp3) is 0.100. The summed E-state index contributed by atoms with van der Waals surface area (Å²) in [5, 5.41) is 8.81. The van der Waals surface area contributed by atoms with E-state index in [9.17, 15) is 8.42 Å². The number of anilines is 8. The summed E-state index contributed by atoms with van der Waals surface area (Å²) < 4.78 is 29.4. The van der Waals surface area contributed by atoms with Crippen molar-refractivity contribution in [2.45, 2.75) is 36.0 Å². The predicted octanol–water partition coefficient (Wildman–Crippen LogP) is 7.79. The zero-order valence-electron chi connectivity index (χ0n) is 27.3. The average molecular weight is 678 g/mol. The van der Waals surface area contributed by atoms with E-state index in [1.165, 1.54) is 20.7 Å². The lowest BCUT2D eigenvalue weighted by atomic mass is 10.1. The summed E-state index contributed by atoms with van der Waals surface area (Å²) in [6.07, 6.45) is 0. The average Bonchev–Trinajstić information content (AvgIpc) is 3.09. The van der Waals surface area contributed by atoms with Gasteiger partial charge in [-0.1, -0.05) is 99.0 Å². The number of nitrogens with one attached hydrogen (secondary N) is 1. The second-order valence-corrected chi connectivity index (χ2v) is 24.5. The molecule has 236 valence electrons. The first-order valence-corrected chi connectivity index (χ1v) is 23.9. The molecule has 3 aliphatic rings. The molecule has 6 aromatic rings. The minimum absolute atomic E-state index is 0.287. The first kappa shape index (κ1) is 29.3. The molecule has 0 saturated carbocycles. The summed E-state index contributed by atoms with van der Waals surface area (Å²) in [4.78, 5) is 5.04. The zero-order valence-corrected chi connectivity index (χ0v) is 30.1. The molecule has 3 aliphatic heterocycles. The normalized spacial score (nSPS) is 17.1. The number of rotatable bonds is 2. The van der Waals surface area contributed by atoms with Gasteiger partial charge in [0.05, 0.1) is 21.2 Å². The molecule has 9 rings (SSSR count). The molecule has 0 aliphatic carbocycles. The SMILES string of the molecule is C[Si]1(C)c2ccccc2N(c2ccc3c(c2)S(=O)(=O)c2cc(N4c5ccccc5[Si](C)(C)c5ccccc54)ccc2N3)c2ccccc21. The molecular formula is C40H35N3O2SSi2. The second-order valence-electron chi connectivity index (χ2n) is 14.0. The van der Waals surface area contributed by atoms with Crippen molar-refractivity contribution < 1.29 is 8.42 Å². The summed E-state index contributed by atoms with van der Waals surface area (Å²) in [7, 11) is -7.81. The van der Waals surface area contributed by atoms with E-state index in [4.69, 9.17) is 0 Å². The van der Waals surface area contributed by atoms with Crippen LogP contribution in [0, 0.1) is 0 Å². The van der Waals surface area contributed by atoms with Gasteiger partial charge >= 0.3 is 0 Å². The first-order chi connectivity index (χ1) is 23.1. The predicted molar refractivity (Wildman–Crippen MR) is 204 cm³/mol. The molecular weight excluding hydrogens is 643 g/mol. The third-order valence-electron chi connectivity index (χ3n) is 10.6. The van der Waals surface area contributed by atoms with Crippen LogP contribution in [0.25, 0.3) is 0 Å². The molecule has 0 atom stereocenters. The minimum atomic E-state index is -3.88. The highest BCUT2D eigenvalue weighted by atomic mass is 32.2. The van der Waals surface area contributed by atoms with Gasteiger partial charge in [-0.25, -0.2) is 8.42 Å². The molecule has 1 N–H and O–H groups in total. The summed E-state index contributed by atoms with van der Waals surface area (Å²) >= 11 is 0. The van der Waals surface area contributed by atoms with Crippen molar-refractivity contribution in [1.29, 1.82) is 0 Å². The topological polar surface area (TPSA) is 52.7 Å². The second kappa shape index (κ2) is 10.1. The lowest BCUT2D eigenvalue weighted by Gasteiger charge is -2.41. The van der Waals surface area contributed by atoms with Crippen molar-refractivity contribution in [3.05, 3.63) is 133 Å². The molecule has 0 unspecified atom stereocenters. The fourth-order valence-corrected chi connectivity index (χ4v) is 15.7. The van der Waals surface area contributed by atoms with Crippen LogP contribution in [0.2, 0.25) is 26.2 Å². The Balaban J connectivity index is 1.19. The van der Waals surface area contributed by atoms with Crippen molar-refractivity contribution in [1.82, 2.24) is 0 Å². The molecule has 6 aromatic carbocycles. The Morgan fingerprint density at radius 1 is 0.458 bits per heavy atom. The summed E-state index contributed by atoms with van der Waals surface area (Å²) in [6.45, 7) is 9.56. The van der Waals surface area contributed by atoms with Gasteiger partial charge in [0.1, 0.15) is 16.1 Å². The maximum Gasteiger partial charge on any atom is 0.210 e. The van der Waals surface area contributed by atoms with E-state index in [0.29, 0.717) is 11.4 Å². The number of nitrogens with zero attached hydrogens (tertiary/aromatic N) is 2. The van der Waals surface area contributed by atoms with Gasteiger partial charge in [-0.2, -0.15) is 0 Å². The van der Waals surface area contributed by atoms with Gasteiger partial charge < -0.3 is 15.1 Å². The number of sulfone groups is 1. The Morgan fingerprint density at radius 3 is 1.10 bits per heavy atom. The van der Waals surface area contributed by atoms with Crippen LogP contribution in [-0.4, -0.2) is 24.6 Å². The number of fused-ring (bicyclic) bond motifs is 6. The monoisotopic (exact) mass is 677 g/mol. The molecule has 3 heterocycles. The Hall–Kier alpha value is -4.90. The molecule has 0 amide bonds. The zero-order chi connectivity index (χ0) is 33.0. The maximum atomic E-state index is 14.7. The van der Waals surface area contributed by atoms with E-state index in [0.717, 1.165) is 34.1 Å². The van der Waals surface area contributed by atoms with Gasteiger partial charge in [0.2, 0.25) is 9.84 Å². The highest BCUT2D eigenvalue weighted by Crippen LogP contribution is 2.47. The molecule has 0 saturated heterocycles. The van der Waals surface area contributed by atoms with E-state index >= 15 is 0 Å². The summed E-state index contributed by atoms with van der Waals surface area (Å²) in [6, 6.07) is 45.9. The van der Waals surface area contributed by atoms with E-state index in [2.05, 4.69) is 138 Å². The van der Waals surface area contributed by atoms with Crippen LogP contribution in [0.5, 0.6) is 0 Å². The van der Waals surface area contributed by atoms with Crippen molar-refractivity contribution in [3.8, 4) is 0 Å². The maximum absolute atomic E-state index is 14.7. The first-order valence-electron chi connectivity index (χ1n) is 16.4. The van der Waals surface area contributed by atoms with Crippen LogP contribution in [-0.2, 0) is 9.84 Å². The van der Waals surface area contributed by atoms with Crippen molar-refractivity contribution in [2.75, 3.05) is 15.1 Å². The lowest BCUT2D eigenvalue weighted by molar-refractivity contribution is 0.596. The van der Waals surface area contributed by atoms with Crippen LogP contribution >= 0.6 is 0 Å². The van der Waals surface area contributed by atoms with Crippen LogP contribution in [0.3, 0.4) is 0 Å². The van der Waals surface area contributed by atoms with Crippen LogP contribution < -0.4 is 35.9 Å². The molecule has 0 fully saturated rings. The van der Waals surface area contributed by atoms with Gasteiger partial charge in [-0.05, 0) is 81.4 Å². The molecule has 0 aromatic heterocycles. The van der Waals surface area contributed by atoms with Gasteiger partial charge in [0, 0.05) is 34.1 Å². The number of hydrogen-bond donors (Lipinski definition) is 1. The Kier molecular flexibility index (Phi) is 6.13. The van der Waals surface area contributed by atoms with Crippen molar-refractivity contribution in [3.63, 3.8) is 0 Å². The van der Waals surface area contributed by atoms with Crippen molar-refractivity contribution >= 4 is 92.2 Å². The molecule has 0 radical (unpaired) electrons. The van der Waals surface area contributed by atoms with E-state index in [1.807, 2.05) is 36.4 Å². The van der Waals surface area contributed by atoms with Crippen LogP contribution in [0.15, 0.2) is 143 Å². The summed E-state index contributed by atoms with van der Waals surface area (Å²) in [5.74, 6) is 0. The molecule has 48 heavy (non-hydrogen) atoms. The van der Waals surface area contributed by atoms with Crippen LogP contribution in [0.1, 0.15) is 0 Å². The van der Waals surface area contributed by atoms with Gasteiger partial charge in [0.15, 0.2) is 0 Å². The third kappa shape index (κ3) is 3.97. The summed E-state index contributed by atoms with van der Waals surface area (Å²) in [5.41, 5.74) is 7.30. The number of benzene rings is 6.